The Balaban J connectivity index is 1.11. The number of hydrogen-bond donors (Lipinski definition) is 5. The Bertz CT molecular complexity index is 2320. The van der Waals surface area contributed by atoms with E-state index >= 15 is 9.59 Å². The van der Waals surface area contributed by atoms with E-state index in [1.54, 1.807) is 24.4 Å². The number of nitrogens with zero attached hydrogens (tertiary/aromatic N) is 2. The highest BCUT2D eigenvalue weighted by Crippen LogP contribution is 2.60. The molecule has 0 spiro atoms. The fraction of sp³-hybridized carbons (Fsp3) is 0.500. The normalized spacial score (nSPS) is 26.6. The van der Waals surface area contributed by atoms with Crippen molar-refractivity contribution >= 4 is 29.2 Å². The van der Waals surface area contributed by atoms with Crippen molar-refractivity contribution in [3.63, 3.8) is 0 Å². The Kier molecular flexibility index (Phi) is 12.4. The number of carbonyl (C=O) groups is 3. The molecule has 1 fully saturated rings. The second kappa shape index (κ2) is 17.6. The number of Topliss-reactive ketones (excluding diaryl/α,β-unsaturated/α-hetero) is 2. The second-order valence-corrected chi connectivity index (χ2v) is 18.8. The lowest BCUT2D eigenvalue weighted by molar-refractivity contribution is -0.150. The van der Waals surface area contributed by atoms with Crippen LogP contribution in [0.1, 0.15) is 109 Å². The summed E-state index contributed by atoms with van der Waals surface area (Å²) in [6.45, 7) is 8.66. The highest BCUT2D eigenvalue weighted by atomic mass is 16.7. The van der Waals surface area contributed by atoms with Gasteiger partial charge in [0.25, 0.3) is 5.60 Å². The van der Waals surface area contributed by atoms with Crippen LogP contribution < -0.4 is 21.7 Å². The molecule has 0 amide bonds. The van der Waals surface area contributed by atoms with E-state index in [1.807, 2.05) is 38.4 Å². The average molecular weight is 843 g/mol. The number of carbonyl (C=O) groups excluding carboxylic acids is 3. The first-order valence-electron chi connectivity index (χ1n) is 22.4. The number of ketones is 2. The van der Waals surface area contributed by atoms with Gasteiger partial charge in [0.05, 0.1) is 19.4 Å². The average Bonchev–Trinajstić information content (AvgIpc) is 3.97. The van der Waals surface area contributed by atoms with Crippen LogP contribution in [0, 0.1) is 17.3 Å². The zero-order valence-corrected chi connectivity index (χ0v) is 36.8. The van der Waals surface area contributed by atoms with Crippen molar-refractivity contribution in [2.45, 2.75) is 115 Å². The third kappa shape index (κ3) is 8.18. The number of aromatic nitrogens is 2. The van der Waals surface area contributed by atoms with Crippen LogP contribution in [0.4, 0.5) is 11.6 Å². The number of nitrogen functional groups attached to an aromatic ring is 1. The van der Waals surface area contributed by atoms with Crippen molar-refractivity contribution in [2.75, 3.05) is 37.9 Å². The van der Waals surface area contributed by atoms with Crippen LogP contribution in [-0.4, -0.2) is 82.8 Å². The minimum absolute atomic E-state index is 0.0169. The van der Waals surface area contributed by atoms with Crippen molar-refractivity contribution in [3.05, 3.63) is 117 Å². The van der Waals surface area contributed by atoms with E-state index < -0.39 is 28.7 Å². The van der Waals surface area contributed by atoms with E-state index in [0.29, 0.717) is 48.6 Å². The number of likely N-dealkylation sites (N-methyl/N-ethyl adjacent to an activating group) is 1. The van der Waals surface area contributed by atoms with Gasteiger partial charge in [-0.1, -0.05) is 68.8 Å². The van der Waals surface area contributed by atoms with E-state index in [2.05, 4.69) is 64.9 Å². The molecule has 0 saturated carbocycles. The van der Waals surface area contributed by atoms with E-state index in [-0.39, 0.29) is 54.3 Å². The van der Waals surface area contributed by atoms with Gasteiger partial charge in [0.1, 0.15) is 11.6 Å². The summed E-state index contributed by atoms with van der Waals surface area (Å²) in [5.41, 5.74) is 8.64. The number of aliphatic hydroxyl groups excluding tert-OH is 1. The topological polar surface area (TPSA) is 181 Å². The summed E-state index contributed by atoms with van der Waals surface area (Å²) < 4.78 is 12.7. The van der Waals surface area contributed by atoms with Crippen molar-refractivity contribution in [3.8, 4) is 0 Å². The molecule has 0 bridgehead atoms. The highest BCUT2D eigenvalue weighted by Gasteiger charge is 2.85. The van der Waals surface area contributed by atoms with Gasteiger partial charge in [-0.25, -0.2) is 14.8 Å². The van der Waals surface area contributed by atoms with Crippen molar-refractivity contribution < 1.29 is 29.0 Å². The van der Waals surface area contributed by atoms with Crippen molar-refractivity contribution in [1.29, 1.82) is 0 Å². The molecular weight excluding hydrogens is 781 g/mol. The third-order valence-corrected chi connectivity index (χ3v) is 14.0. The van der Waals surface area contributed by atoms with Gasteiger partial charge in [0.15, 0.2) is 11.4 Å². The number of benzene rings is 1. The minimum atomic E-state index is -2.18. The van der Waals surface area contributed by atoms with Crippen LogP contribution >= 0.6 is 0 Å². The van der Waals surface area contributed by atoms with Gasteiger partial charge in [-0.2, -0.15) is 0 Å². The highest BCUT2D eigenvalue weighted by molar-refractivity contribution is 6.33. The first-order valence-corrected chi connectivity index (χ1v) is 22.4. The molecule has 1 aromatic carbocycles. The van der Waals surface area contributed by atoms with Gasteiger partial charge >= 0.3 is 5.97 Å². The molecule has 62 heavy (non-hydrogen) atoms. The monoisotopic (exact) mass is 842 g/mol. The van der Waals surface area contributed by atoms with Crippen LogP contribution in [0.15, 0.2) is 83.7 Å². The maximum absolute atomic E-state index is 15.3. The van der Waals surface area contributed by atoms with Crippen molar-refractivity contribution in [1.82, 2.24) is 20.6 Å². The summed E-state index contributed by atoms with van der Waals surface area (Å²) in [6, 6.07) is 11.1. The zero-order chi connectivity index (χ0) is 43.8. The number of nitrogens with one attached hydrogen (secondary N) is 3. The Morgan fingerprint density at radius 2 is 1.94 bits per heavy atom. The second-order valence-electron chi connectivity index (χ2n) is 18.8. The van der Waals surface area contributed by atoms with E-state index in [9.17, 15) is 9.90 Å². The predicted octanol–water partition coefficient (Wildman–Crippen LogP) is 6.43. The van der Waals surface area contributed by atoms with E-state index in [4.69, 9.17) is 15.2 Å². The summed E-state index contributed by atoms with van der Waals surface area (Å²) in [6.07, 6.45) is 17.3. The number of ether oxygens (including phenoxy) is 2. The predicted molar refractivity (Wildman–Crippen MR) is 240 cm³/mol. The number of aliphatic hydroxyl groups is 1. The molecule has 8 rings (SSSR count). The van der Waals surface area contributed by atoms with Crippen LogP contribution in [0.5, 0.6) is 0 Å². The van der Waals surface area contributed by atoms with E-state index in [1.165, 1.54) is 16.7 Å². The maximum atomic E-state index is 15.3. The number of aryl methyl sites for hydroxylation is 1. The smallest absolute Gasteiger partial charge is 0.350 e. The van der Waals surface area contributed by atoms with Gasteiger partial charge in [-0.05, 0) is 135 Å². The number of esters is 1. The fourth-order valence-corrected chi connectivity index (χ4v) is 10.6. The zero-order valence-electron chi connectivity index (χ0n) is 36.8. The molecule has 0 radical (unpaired) electrons. The molecule has 5 aliphatic rings. The molecule has 1 saturated heterocycles. The Morgan fingerprint density at radius 1 is 1.10 bits per heavy atom. The molecule has 12 heteroatoms. The summed E-state index contributed by atoms with van der Waals surface area (Å²) in [5.74, 6) is -0.197. The molecule has 3 aromatic rings. The van der Waals surface area contributed by atoms with Gasteiger partial charge in [-0.3, -0.25) is 9.59 Å². The number of nitrogens with two attached hydrogens (primary N) is 1. The number of epoxide rings is 1. The SMILES string of the molecule is CCNC1C=C2C=CCCC2CC1COC(=O)C12OC1(CC(CO)=C(C)CCc1ccnc3c1CCC(NC)N3)C(=O)c1cccc(CC(C)(C)Cc3ccc(N)nc3)c1C2=O. The van der Waals surface area contributed by atoms with Gasteiger partial charge in [0, 0.05) is 41.9 Å². The van der Waals surface area contributed by atoms with Crippen LogP contribution in [0.25, 0.3) is 0 Å². The number of allylic oxidation sites excluding steroid dienone is 4. The quantitative estimate of drug-likeness (QED) is 0.0463. The Hall–Kier alpha value is -5.01. The molecule has 12 nitrogen and oxygen atoms in total. The van der Waals surface area contributed by atoms with Crippen molar-refractivity contribution in [2.24, 2.45) is 17.3 Å². The molecule has 2 aromatic heterocycles. The van der Waals surface area contributed by atoms with Gasteiger partial charge in [-0.15, -0.1) is 0 Å². The van der Waals surface area contributed by atoms with Crippen LogP contribution in [-0.2, 0) is 40.0 Å². The lowest BCUT2D eigenvalue weighted by Crippen LogP contribution is -2.52. The summed E-state index contributed by atoms with van der Waals surface area (Å²) in [5, 5.41) is 21.3. The molecule has 3 aliphatic carbocycles. The number of anilines is 2. The number of pyridine rings is 2. The van der Waals surface area contributed by atoms with Crippen LogP contribution in [0.3, 0.4) is 0 Å². The summed E-state index contributed by atoms with van der Waals surface area (Å²) in [7, 11) is 1.93. The van der Waals surface area contributed by atoms with Gasteiger partial charge < -0.3 is 36.3 Å². The molecule has 328 valence electrons. The first-order chi connectivity index (χ1) is 29.8. The summed E-state index contributed by atoms with van der Waals surface area (Å²) in [4.78, 5) is 54.1. The fourth-order valence-electron chi connectivity index (χ4n) is 10.6. The standard InChI is InChI=1S/C50H62N6O6/c1-6-53-40-23-34-11-8-7-10-33(34)22-36(40)29-61-47(60)50-45(59)43-35(25-48(3,4)24-31-15-18-41(51)55-27-31)12-9-13-39(43)44(58)49(50,62-50)26-37(28-57)30(2)14-16-32-20-21-54-46-38(32)17-19-42(52-5)56-46/h8-9,11-13,15,18,20-21,23,27,33,36,40,42,52-53,57H,6-7,10,14,16-17,19,22,24-26,28-29H2,1-5H3,(H2,51,55)(H,54,56). The number of fused-ring (bicyclic) bond motifs is 4. The minimum Gasteiger partial charge on any atom is -0.463 e. The summed E-state index contributed by atoms with van der Waals surface area (Å²) >= 11 is 0. The van der Waals surface area contributed by atoms with Crippen LogP contribution in [0.2, 0.25) is 0 Å². The van der Waals surface area contributed by atoms with Gasteiger partial charge in [0.2, 0.25) is 5.78 Å². The molecule has 6 N–H and O–H groups in total. The lowest BCUT2D eigenvalue weighted by atomic mass is 9.68. The largest absolute Gasteiger partial charge is 0.463 e. The number of hydrogen-bond acceptors (Lipinski definition) is 12. The number of rotatable bonds is 16. The Labute approximate surface area is 365 Å². The molecule has 6 atom stereocenters. The Morgan fingerprint density at radius 3 is 2.69 bits per heavy atom. The maximum Gasteiger partial charge on any atom is 0.350 e. The molecule has 2 aliphatic heterocycles. The third-order valence-electron chi connectivity index (χ3n) is 14.0. The molecule has 4 heterocycles. The first kappa shape index (κ1) is 43.6. The molecular formula is C50H62N6O6. The molecule has 6 unspecified atom stereocenters. The van der Waals surface area contributed by atoms with E-state index in [0.717, 1.165) is 55.6 Å². The lowest BCUT2D eigenvalue weighted by Gasteiger charge is -2.36.